The Morgan fingerprint density at radius 1 is 1.47 bits per heavy atom. The van der Waals surface area contributed by atoms with E-state index >= 15 is 0 Å². The molecular weight excluding hydrogens is 242 g/mol. The third kappa shape index (κ3) is 3.70. The second kappa shape index (κ2) is 6.57. The summed E-state index contributed by atoms with van der Waals surface area (Å²) >= 11 is 0. The van der Waals surface area contributed by atoms with E-state index in [2.05, 4.69) is 5.32 Å². The number of nitrogens with one attached hydrogen (secondary N) is 1. The highest BCUT2D eigenvalue weighted by molar-refractivity contribution is 5.79. The monoisotopic (exact) mass is 263 g/mol. The van der Waals surface area contributed by atoms with Crippen molar-refractivity contribution in [2.75, 3.05) is 25.1 Å². The first-order chi connectivity index (χ1) is 9.20. The summed E-state index contributed by atoms with van der Waals surface area (Å²) in [5.41, 5.74) is 2.14. The second-order valence-corrected chi connectivity index (χ2v) is 4.86. The van der Waals surface area contributed by atoms with Gasteiger partial charge >= 0.3 is 5.97 Å². The molecule has 1 saturated heterocycles. The predicted octanol–water partition coefficient (Wildman–Crippen LogP) is 2.38. The zero-order valence-corrected chi connectivity index (χ0v) is 11.5. The lowest BCUT2D eigenvalue weighted by atomic mass is 9.98. The molecule has 0 aromatic heterocycles. The van der Waals surface area contributed by atoms with Crippen LogP contribution < -0.4 is 5.32 Å². The molecule has 2 rings (SSSR count). The van der Waals surface area contributed by atoms with Crippen molar-refractivity contribution in [2.24, 2.45) is 5.92 Å². The topological polar surface area (TPSA) is 47.6 Å². The number of carbonyl (C=O) groups is 1. The Labute approximate surface area is 114 Å². The quantitative estimate of drug-likeness (QED) is 0.829. The van der Waals surface area contributed by atoms with Crippen molar-refractivity contribution in [1.29, 1.82) is 0 Å². The van der Waals surface area contributed by atoms with Gasteiger partial charge in [-0.1, -0.05) is 17.7 Å². The molecule has 1 fully saturated rings. The highest BCUT2D eigenvalue weighted by atomic mass is 16.5. The Kier molecular flexibility index (Phi) is 4.80. The summed E-state index contributed by atoms with van der Waals surface area (Å²) in [5, 5.41) is 3.28. The van der Waals surface area contributed by atoms with Crippen LogP contribution in [0.2, 0.25) is 0 Å². The van der Waals surface area contributed by atoms with Gasteiger partial charge in [0.05, 0.1) is 13.2 Å². The molecule has 2 atom stereocenters. The molecule has 1 aromatic rings. The summed E-state index contributed by atoms with van der Waals surface area (Å²) in [6, 6.07) is 7.69. The Hall–Kier alpha value is -1.55. The predicted molar refractivity (Wildman–Crippen MR) is 74.1 cm³/mol. The molecule has 4 heteroatoms. The fourth-order valence-electron chi connectivity index (χ4n) is 2.25. The number of hydrogen-bond acceptors (Lipinski definition) is 4. The van der Waals surface area contributed by atoms with Gasteiger partial charge in [0.25, 0.3) is 0 Å². The van der Waals surface area contributed by atoms with E-state index in [9.17, 15) is 4.79 Å². The largest absolute Gasteiger partial charge is 0.464 e. The molecule has 4 nitrogen and oxygen atoms in total. The zero-order chi connectivity index (χ0) is 13.7. The van der Waals surface area contributed by atoms with Gasteiger partial charge in [-0.3, -0.25) is 0 Å². The van der Waals surface area contributed by atoms with E-state index in [0.717, 1.165) is 18.7 Å². The summed E-state index contributed by atoms with van der Waals surface area (Å²) in [6.07, 6.45) is 0.891. The van der Waals surface area contributed by atoms with Crippen LogP contribution in [0.4, 0.5) is 5.69 Å². The van der Waals surface area contributed by atoms with Gasteiger partial charge in [-0.05, 0) is 32.4 Å². The van der Waals surface area contributed by atoms with Gasteiger partial charge in [-0.15, -0.1) is 0 Å². The molecule has 0 aliphatic carbocycles. The molecule has 1 N–H and O–H groups in total. The van der Waals surface area contributed by atoms with E-state index in [1.165, 1.54) is 5.56 Å². The fraction of sp³-hybridized carbons (Fsp3) is 0.533. The van der Waals surface area contributed by atoms with E-state index in [1.807, 2.05) is 38.1 Å². The van der Waals surface area contributed by atoms with Crippen molar-refractivity contribution in [3.05, 3.63) is 29.8 Å². The van der Waals surface area contributed by atoms with Crippen LogP contribution >= 0.6 is 0 Å². The first-order valence-electron chi connectivity index (χ1n) is 6.78. The first kappa shape index (κ1) is 13.9. The molecule has 0 amide bonds. The summed E-state index contributed by atoms with van der Waals surface area (Å²) in [6.45, 7) is 5.60. The number of esters is 1. The molecule has 0 saturated carbocycles. The zero-order valence-electron chi connectivity index (χ0n) is 11.5. The average Bonchev–Trinajstić information content (AvgIpc) is 2.92. The summed E-state index contributed by atoms with van der Waals surface area (Å²) in [5.74, 6) is -0.0149. The van der Waals surface area contributed by atoms with Gasteiger partial charge in [-0.2, -0.15) is 0 Å². The van der Waals surface area contributed by atoms with Gasteiger partial charge in [-0.25, -0.2) is 4.79 Å². The lowest BCUT2D eigenvalue weighted by Gasteiger charge is -2.23. The number of aryl methyl sites for hydroxylation is 1. The molecule has 104 valence electrons. The molecular formula is C15H21NO3. The number of benzene rings is 1. The molecule has 1 aliphatic rings. The van der Waals surface area contributed by atoms with Crippen molar-refractivity contribution >= 4 is 11.7 Å². The summed E-state index contributed by atoms with van der Waals surface area (Å²) in [7, 11) is 0. The highest BCUT2D eigenvalue weighted by Crippen LogP contribution is 2.22. The Bertz CT molecular complexity index is 410. The number of ether oxygens (including phenoxy) is 2. The maximum atomic E-state index is 12.1. The molecule has 1 aromatic carbocycles. The molecule has 1 aliphatic heterocycles. The lowest BCUT2D eigenvalue weighted by molar-refractivity contribution is -0.145. The van der Waals surface area contributed by atoms with Gasteiger partial charge < -0.3 is 14.8 Å². The van der Waals surface area contributed by atoms with E-state index < -0.39 is 0 Å². The minimum absolute atomic E-state index is 0.181. The summed E-state index contributed by atoms with van der Waals surface area (Å²) in [4.78, 5) is 12.1. The van der Waals surface area contributed by atoms with Gasteiger partial charge in [0, 0.05) is 18.2 Å². The number of anilines is 1. The van der Waals surface area contributed by atoms with Crippen LogP contribution in [-0.2, 0) is 14.3 Å². The number of carbonyl (C=O) groups excluding carboxylic acids is 1. The van der Waals surface area contributed by atoms with Crippen LogP contribution in [0.25, 0.3) is 0 Å². The van der Waals surface area contributed by atoms with Crippen LogP contribution in [0.1, 0.15) is 18.9 Å². The first-order valence-corrected chi connectivity index (χ1v) is 6.78. The maximum Gasteiger partial charge on any atom is 0.328 e. The fourth-order valence-corrected chi connectivity index (χ4v) is 2.25. The van der Waals surface area contributed by atoms with Crippen molar-refractivity contribution in [3.8, 4) is 0 Å². The SMILES string of the molecule is CCOC(=O)C(Nc1ccc(C)cc1)C1CCOC1. The standard InChI is InChI=1S/C15H21NO3/c1-3-19-15(17)14(12-8-9-18-10-12)16-13-6-4-11(2)5-7-13/h4-7,12,14,16H,3,8-10H2,1-2H3. The normalized spacial score (nSPS) is 20.0. The third-order valence-electron chi connectivity index (χ3n) is 3.35. The lowest BCUT2D eigenvalue weighted by Crippen LogP contribution is -2.38. The van der Waals surface area contributed by atoms with Crippen LogP contribution in [-0.4, -0.2) is 31.8 Å². The van der Waals surface area contributed by atoms with E-state index in [4.69, 9.17) is 9.47 Å². The van der Waals surface area contributed by atoms with E-state index in [-0.39, 0.29) is 17.9 Å². The highest BCUT2D eigenvalue weighted by Gasteiger charge is 2.32. The second-order valence-electron chi connectivity index (χ2n) is 4.86. The molecule has 0 spiro atoms. The van der Waals surface area contributed by atoms with Crippen LogP contribution in [0, 0.1) is 12.8 Å². The van der Waals surface area contributed by atoms with Crippen molar-refractivity contribution in [3.63, 3.8) is 0 Å². The molecule has 2 unspecified atom stereocenters. The maximum absolute atomic E-state index is 12.1. The van der Waals surface area contributed by atoms with E-state index in [0.29, 0.717) is 13.2 Å². The third-order valence-corrected chi connectivity index (χ3v) is 3.35. The molecule has 0 bridgehead atoms. The number of hydrogen-bond donors (Lipinski definition) is 1. The molecule has 1 heterocycles. The molecule has 0 radical (unpaired) electrons. The van der Waals surface area contributed by atoms with Crippen molar-refractivity contribution < 1.29 is 14.3 Å². The van der Waals surface area contributed by atoms with Crippen molar-refractivity contribution in [1.82, 2.24) is 0 Å². The van der Waals surface area contributed by atoms with Crippen LogP contribution in [0.15, 0.2) is 24.3 Å². The van der Waals surface area contributed by atoms with Gasteiger partial charge in [0.1, 0.15) is 6.04 Å². The van der Waals surface area contributed by atoms with Gasteiger partial charge in [0.2, 0.25) is 0 Å². The molecule has 19 heavy (non-hydrogen) atoms. The van der Waals surface area contributed by atoms with Crippen LogP contribution in [0.5, 0.6) is 0 Å². The minimum atomic E-state index is -0.329. The van der Waals surface area contributed by atoms with Crippen molar-refractivity contribution in [2.45, 2.75) is 26.3 Å². The van der Waals surface area contributed by atoms with Gasteiger partial charge in [0.15, 0.2) is 0 Å². The Balaban J connectivity index is 2.08. The Morgan fingerprint density at radius 2 is 2.21 bits per heavy atom. The minimum Gasteiger partial charge on any atom is -0.464 e. The smallest absolute Gasteiger partial charge is 0.328 e. The average molecular weight is 263 g/mol. The number of rotatable bonds is 5. The Morgan fingerprint density at radius 3 is 2.79 bits per heavy atom. The summed E-state index contributed by atoms with van der Waals surface area (Å²) < 4.78 is 10.5. The van der Waals surface area contributed by atoms with E-state index in [1.54, 1.807) is 0 Å². The van der Waals surface area contributed by atoms with Crippen LogP contribution in [0.3, 0.4) is 0 Å².